The number of rotatable bonds is 4. The minimum Gasteiger partial charge on any atom is -0.277 e. The Labute approximate surface area is 168 Å². The largest absolute Gasteiger partial charge is 0.290 e. The van der Waals surface area contributed by atoms with E-state index < -0.39 is 0 Å². The first-order valence-corrected chi connectivity index (χ1v) is 9.61. The Morgan fingerprint density at radius 1 is 0.931 bits per heavy atom. The Balaban J connectivity index is 1.93. The van der Waals surface area contributed by atoms with E-state index in [1.54, 1.807) is 0 Å². The molecule has 0 atom stereocenters. The van der Waals surface area contributed by atoms with Gasteiger partial charge < -0.3 is 0 Å². The lowest BCUT2D eigenvalue weighted by Crippen LogP contribution is -2.27. The Kier molecular flexibility index (Phi) is 4.10. The first-order chi connectivity index (χ1) is 14.3. The highest BCUT2D eigenvalue weighted by molar-refractivity contribution is 7.25. The number of hydrogen-bond donors (Lipinski definition) is 1. The number of nitrogens with zero attached hydrogens (tertiary/aromatic N) is 4. The van der Waals surface area contributed by atoms with E-state index in [1.807, 2.05) is 60.7 Å². The van der Waals surface area contributed by atoms with Gasteiger partial charge in [0.1, 0.15) is 21.6 Å². The van der Waals surface area contributed by atoms with E-state index in [1.165, 1.54) is 17.7 Å². The third-order valence-electron chi connectivity index (χ3n) is 4.61. The maximum absolute atomic E-state index is 12.8. The zero-order valence-electron chi connectivity index (χ0n) is 14.9. The maximum Gasteiger partial charge on any atom is 0.290 e. The minimum atomic E-state index is -0.356. The van der Waals surface area contributed by atoms with E-state index in [4.69, 9.17) is 0 Å². The lowest BCUT2D eigenvalue weighted by Gasteiger charge is -2.10. The van der Waals surface area contributed by atoms with Crippen LogP contribution in [0.3, 0.4) is 0 Å². The molecular formula is C21H13N5O2S. The molecular weight excluding hydrogens is 386 g/mol. The van der Waals surface area contributed by atoms with Crippen LogP contribution in [0.25, 0.3) is 42.8 Å². The van der Waals surface area contributed by atoms with Gasteiger partial charge >= 0.3 is 0 Å². The fourth-order valence-electron chi connectivity index (χ4n) is 3.35. The molecule has 0 bridgehead atoms. The third kappa shape index (κ3) is 2.77. The summed E-state index contributed by atoms with van der Waals surface area (Å²) < 4.78 is 1.46. The molecule has 2 aromatic carbocycles. The number of thiophene rings is 1. The smallest absolute Gasteiger partial charge is 0.277 e. The van der Waals surface area contributed by atoms with Crippen LogP contribution in [0.1, 0.15) is 0 Å². The van der Waals surface area contributed by atoms with Crippen LogP contribution in [0.2, 0.25) is 0 Å². The van der Waals surface area contributed by atoms with Crippen molar-refractivity contribution in [2.45, 2.75) is 0 Å². The van der Waals surface area contributed by atoms with Crippen molar-refractivity contribution in [3.8, 4) is 22.4 Å². The predicted molar refractivity (Wildman–Crippen MR) is 113 cm³/mol. The molecule has 0 unspecified atom stereocenters. The van der Waals surface area contributed by atoms with Crippen molar-refractivity contribution in [2.24, 2.45) is 0 Å². The minimum absolute atomic E-state index is 0.356. The molecule has 0 aliphatic carbocycles. The molecule has 0 aliphatic heterocycles. The van der Waals surface area contributed by atoms with Gasteiger partial charge in [-0.3, -0.25) is 15.0 Å². The Morgan fingerprint density at radius 3 is 2.31 bits per heavy atom. The monoisotopic (exact) mass is 399 g/mol. The Bertz CT molecular complexity index is 1410. The van der Waals surface area contributed by atoms with E-state index in [0.29, 0.717) is 21.5 Å². The van der Waals surface area contributed by atoms with Crippen LogP contribution in [0, 0.1) is 0 Å². The number of carbonyl (C=O) groups is 1. The standard InChI is InChI=1S/C21H13N5O2S/c27-12-23-26-11-22-18-16-15(13-7-3-1-4-8-13)17(14-9-5-2-6-10-14)24-25-20(16)29-19(18)21(26)28/h1-12H,(H,23,27). The molecule has 0 saturated heterocycles. The summed E-state index contributed by atoms with van der Waals surface area (Å²) in [7, 11) is 0. The molecule has 5 rings (SSSR count). The maximum atomic E-state index is 12.8. The molecule has 3 aromatic heterocycles. The Morgan fingerprint density at radius 2 is 1.62 bits per heavy atom. The summed E-state index contributed by atoms with van der Waals surface area (Å²) >= 11 is 1.22. The van der Waals surface area contributed by atoms with Crippen molar-refractivity contribution < 1.29 is 4.79 Å². The van der Waals surface area contributed by atoms with Gasteiger partial charge in [-0.05, 0) is 5.56 Å². The second kappa shape index (κ2) is 6.92. The van der Waals surface area contributed by atoms with Gasteiger partial charge in [0.2, 0.25) is 6.41 Å². The molecule has 29 heavy (non-hydrogen) atoms. The number of benzene rings is 2. The molecule has 3 heterocycles. The van der Waals surface area contributed by atoms with Crippen LogP contribution >= 0.6 is 11.3 Å². The lowest BCUT2D eigenvalue weighted by atomic mass is 9.97. The predicted octanol–water partition coefficient (Wildman–Crippen LogP) is 3.44. The average Bonchev–Trinajstić information content (AvgIpc) is 3.16. The van der Waals surface area contributed by atoms with Crippen molar-refractivity contribution in [3.05, 3.63) is 77.3 Å². The van der Waals surface area contributed by atoms with E-state index in [0.717, 1.165) is 32.4 Å². The van der Waals surface area contributed by atoms with Crippen LogP contribution < -0.4 is 11.0 Å². The summed E-state index contributed by atoms with van der Waals surface area (Å²) in [6.07, 6.45) is 1.74. The zero-order valence-corrected chi connectivity index (χ0v) is 15.8. The van der Waals surface area contributed by atoms with Crippen LogP contribution in [-0.2, 0) is 4.79 Å². The number of nitrogens with one attached hydrogen (secondary N) is 1. The SMILES string of the molecule is O=CNn1cnc2c(sc3nnc(-c4ccccc4)c(-c4ccccc4)c32)c1=O. The molecule has 1 N–H and O–H groups in total. The van der Waals surface area contributed by atoms with Gasteiger partial charge in [0, 0.05) is 16.5 Å². The summed E-state index contributed by atoms with van der Waals surface area (Å²) in [6.45, 7) is 0. The molecule has 0 radical (unpaired) electrons. The lowest BCUT2D eigenvalue weighted by molar-refractivity contribution is -0.106. The van der Waals surface area contributed by atoms with Gasteiger partial charge in [-0.2, -0.15) is 0 Å². The topological polar surface area (TPSA) is 89.8 Å². The summed E-state index contributed by atoms with van der Waals surface area (Å²) in [5.74, 6) is 0. The van der Waals surface area contributed by atoms with Gasteiger partial charge in [0.05, 0.1) is 5.52 Å². The summed E-state index contributed by atoms with van der Waals surface area (Å²) in [4.78, 5) is 28.6. The molecule has 0 aliphatic rings. The van der Waals surface area contributed by atoms with E-state index in [-0.39, 0.29) is 5.56 Å². The first kappa shape index (κ1) is 17.2. The summed E-state index contributed by atoms with van der Waals surface area (Å²) in [5.41, 5.74) is 6.00. The number of carbonyl (C=O) groups excluding carboxylic acids is 1. The van der Waals surface area contributed by atoms with E-state index >= 15 is 0 Å². The second-order valence-corrected chi connectivity index (χ2v) is 7.28. The molecule has 140 valence electrons. The Hall–Kier alpha value is -3.91. The quantitative estimate of drug-likeness (QED) is 0.468. The molecule has 0 spiro atoms. The molecule has 5 aromatic rings. The van der Waals surface area contributed by atoms with Crippen LogP contribution in [0.15, 0.2) is 71.8 Å². The molecule has 8 heteroatoms. The average molecular weight is 399 g/mol. The third-order valence-corrected chi connectivity index (χ3v) is 5.66. The van der Waals surface area contributed by atoms with Crippen LogP contribution in [0.4, 0.5) is 0 Å². The van der Waals surface area contributed by atoms with Crippen molar-refractivity contribution in [1.29, 1.82) is 0 Å². The van der Waals surface area contributed by atoms with E-state index in [9.17, 15) is 9.59 Å². The second-order valence-electron chi connectivity index (χ2n) is 6.28. The van der Waals surface area contributed by atoms with Crippen molar-refractivity contribution >= 4 is 38.2 Å². The highest BCUT2D eigenvalue weighted by atomic mass is 32.1. The fourth-order valence-corrected chi connectivity index (χ4v) is 4.36. The number of amides is 1. The highest BCUT2D eigenvalue weighted by Gasteiger charge is 2.21. The van der Waals surface area contributed by atoms with Gasteiger partial charge in [-0.1, -0.05) is 60.7 Å². The number of fused-ring (bicyclic) bond motifs is 3. The van der Waals surface area contributed by atoms with Gasteiger partial charge in [0.15, 0.2) is 0 Å². The van der Waals surface area contributed by atoms with Crippen molar-refractivity contribution in [1.82, 2.24) is 19.9 Å². The zero-order chi connectivity index (χ0) is 19.8. The first-order valence-electron chi connectivity index (χ1n) is 8.79. The van der Waals surface area contributed by atoms with Crippen LogP contribution in [0.5, 0.6) is 0 Å². The van der Waals surface area contributed by atoms with E-state index in [2.05, 4.69) is 20.6 Å². The van der Waals surface area contributed by atoms with Gasteiger partial charge in [-0.25, -0.2) is 9.66 Å². The van der Waals surface area contributed by atoms with Gasteiger partial charge in [0.25, 0.3) is 5.56 Å². The highest BCUT2D eigenvalue weighted by Crippen LogP contribution is 2.40. The molecule has 0 saturated carbocycles. The molecule has 0 fully saturated rings. The normalized spacial score (nSPS) is 11.0. The van der Waals surface area contributed by atoms with Gasteiger partial charge in [-0.15, -0.1) is 21.5 Å². The number of aromatic nitrogens is 4. The van der Waals surface area contributed by atoms with Crippen molar-refractivity contribution in [2.75, 3.05) is 5.43 Å². The van der Waals surface area contributed by atoms with Crippen LogP contribution in [-0.4, -0.2) is 26.3 Å². The van der Waals surface area contributed by atoms with Crippen molar-refractivity contribution in [3.63, 3.8) is 0 Å². The fraction of sp³-hybridized carbons (Fsp3) is 0. The molecule has 1 amide bonds. The number of hydrogen-bond acceptors (Lipinski definition) is 6. The summed E-state index contributed by atoms with van der Waals surface area (Å²) in [6, 6.07) is 19.7. The molecule has 7 nitrogen and oxygen atoms in total. The summed E-state index contributed by atoms with van der Waals surface area (Å²) in [5, 5.41) is 9.66.